The molecule has 6 aromatic carbocycles. The van der Waals surface area contributed by atoms with Gasteiger partial charge in [0.15, 0.2) is 0 Å². The molecule has 0 nitrogen and oxygen atoms in total. The van der Waals surface area contributed by atoms with E-state index in [9.17, 15) is 0 Å². The highest BCUT2D eigenvalue weighted by Crippen LogP contribution is 2.43. The molecule has 0 aliphatic rings. The Kier molecular flexibility index (Phi) is 5.58. The number of rotatable bonds is 4. The summed E-state index contributed by atoms with van der Waals surface area (Å²) in [5, 5.41) is 6.72. The highest BCUT2D eigenvalue weighted by atomic mass is 28.3. The molecule has 0 saturated heterocycles. The lowest BCUT2D eigenvalue weighted by Crippen LogP contribution is -2.37. The van der Waals surface area contributed by atoms with Crippen molar-refractivity contribution in [2.75, 3.05) is 0 Å². The van der Waals surface area contributed by atoms with Gasteiger partial charge >= 0.3 is 0 Å². The molecule has 174 valence electrons. The minimum Gasteiger partial charge on any atom is -0.0656 e. The van der Waals surface area contributed by atoms with E-state index in [-0.39, 0.29) is 0 Å². The van der Waals surface area contributed by atoms with Gasteiger partial charge in [0.25, 0.3) is 0 Å². The third-order valence-corrected chi connectivity index (χ3v) is 9.27. The lowest BCUT2D eigenvalue weighted by molar-refractivity contribution is 1.61. The predicted molar refractivity (Wildman–Crippen MR) is 161 cm³/mol. The summed E-state index contributed by atoms with van der Waals surface area (Å²) in [7, 11) is -1.43. The SMILES string of the molecule is C[Si](C)(C)c1cccc(-c2c3ccccc3c(-c3ccc(-c4ccccc4)cc3)c3ccccc23)c1. The second-order valence-electron chi connectivity index (χ2n) is 10.6. The van der Waals surface area contributed by atoms with Crippen molar-refractivity contribution < 1.29 is 0 Å². The molecule has 0 saturated carbocycles. The summed E-state index contributed by atoms with van der Waals surface area (Å²) >= 11 is 0. The van der Waals surface area contributed by atoms with E-state index in [1.807, 2.05) is 0 Å². The second kappa shape index (κ2) is 8.93. The van der Waals surface area contributed by atoms with E-state index in [0.717, 1.165) is 0 Å². The first-order valence-corrected chi connectivity index (χ1v) is 16.2. The maximum Gasteiger partial charge on any atom is 0.0776 e. The summed E-state index contributed by atoms with van der Waals surface area (Å²) < 4.78 is 0. The normalized spacial score (nSPS) is 11.8. The first-order chi connectivity index (χ1) is 17.5. The largest absolute Gasteiger partial charge is 0.0776 e. The van der Waals surface area contributed by atoms with Gasteiger partial charge in [-0.3, -0.25) is 0 Å². The van der Waals surface area contributed by atoms with Crippen LogP contribution in [-0.2, 0) is 0 Å². The molecular weight excluding hydrogens is 448 g/mol. The van der Waals surface area contributed by atoms with E-state index >= 15 is 0 Å². The number of hydrogen-bond acceptors (Lipinski definition) is 0. The molecule has 6 aromatic rings. The fourth-order valence-corrected chi connectivity index (χ4v) is 6.54. The molecule has 0 aliphatic heterocycles. The minimum absolute atomic E-state index is 1.24. The van der Waals surface area contributed by atoms with Gasteiger partial charge in [-0.1, -0.05) is 152 Å². The van der Waals surface area contributed by atoms with E-state index in [2.05, 4.69) is 147 Å². The maximum absolute atomic E-state index is 2.44. The van der Waals surface area contributed by atoms with E-state index in [0.29, 0.717) is 0 Å². The van der Waals surface area contributed by atoms with Crippen molar-refractivity contribution in [3.63, 3.8) is 0 Å². The maximum atomic E-state index is 2.44. The summed E-state index contributed by atoms with van der Waals surface area (Å²) in [5.74, 6) is 0. The minimum atomic E-state index is -1.43. The highest BCUT2D eigenvalue weighted by molar-refractivity contribution is 6.88. The van der Waals surface area contributed by atoms with Gasteiger partial charge in [0.2, 0.25) is 0 Å². The molecule has 0 radical (unpaired) electrons. The van der Waals surface area contributed by atoms with Crippen molar-refractivity contribution in [2.45, 2.75) is 19.6 Å². The molecule has 0 spiro atoms. The molecule has 6 rings (SSSR count). The molecule has 0 aliphatic carbocycles. The zero-order chi connectivity index (χ0) is 24.7. The van der Waals surface area contributed by atoms with Crippen LogP contribution in [0.25, 0.3) is 54.9 Å². The summed E-state index contributed by atoms with van der Waals surface area (Å²) in [5.41, 5.74) is 7.71. The van der Waals surface area contributed by atoms with Crippen LogP contribution in [0.4, 0.5) is 0 Å². The molecular formula is C35H30Si. The number of fused-ring (bicyclic) bond motifs is 2. The second-order valence-corrected chi connectivity index (χ2v) is 15.7. The van der Waals surface area contributed by atoms with Gasteiger partial charge in [-0.2, -0.15) is 0 Å². The molecule has 0 atom stereocenters. The molecule has 0 heterocycles. The Morgan fingerprint density at radius 1 is 0.361 bits per heavy atom. The van der Waals surface area contributed by atoms with Crippen LogP contribution < -0.4 is 5.19 Å². The van der Waals surface area contributed by atoms with Crippen LogP contribution in [0.15, 0.2) is 127 Å². The van der Waals surface area contributed by atoms with Gasteiger partial charge in [0, 0.05) is 0 Å². The van der Waals surface area contributed by atoms with Gasteiger partial charge in [-0.25, -0.2) is 0 Å². The van der Waals surface area contributed by atoms with Crippen molar-refractivity contribution >= 4 is 34.8 Å². The van der Waals surface area contributed by atoms with Gasteiger partial charge in [0.05, 0.1) is 8.07 Å². The Morgan fingerprint density at radius 3 is 1.31 bits per heavy atom. The zero-order valence-corrected chi connectivity index (χ0v) is 22.1. The quantitative estimate of drug-likeness (QED) is 0.175. The molecule has 0 amide bonds. The Labute approximate surface area is 214 Å². The van der Waals surface area contributed by atoms with E-state index in [4.69, 9.17) is 0 Å². The molecule has 0 N–H and O–H groups in total. The summed E-state index contributed by atoms with van der Waals surface area (Å²) in [6.45, 7) is 7.26. The van der Waals surface area contributed by atoms with Crippen LogP contribution in [0, 0.1) is 0 Å². The number of hydrogen-bond donors (Lipinski definition) is 0. The third kappa shape index (κ3) is 3.96. The fourth-order valence-electron chi connectivity index (χ4n) is 5.35. The first-order valence-electron chi connectivity index (χ1n) is 12.7. The molecule has 0 aromatic heterocycles. The smallest absolute Gasteiger partial charge is 0.0656 e. The van der Waals surface area contributed by atoms with Crippen LogP contribution >= 0.6 is 0 Å². The van der Waals surface area contributed by atoms with Crippen LogP contribution in [0.1, 0.15) is 0 Å². The average molecular weight is 479 g/mol. The average Bonchev–Trinajstić information content (AvgIpc) is 2.92. The Hall–Kier alpha value is -3.94. The van der Waals surface area contributed by atoms with Gasteiger partial charge in [-0.15, -0.1) is 0 Å². The van der Waals surface area contributed by atoms with Gasteiger partial charge in [0.1, 0.15) is 0 Å². The standard InChI is InChI=1S/C35H30Si/c1-36(2,3)29-15-11-14-28(24-29)35-32-18-9-7-16-30(32)34(31-17-8-10-19-33(31)35)27-22-20-26(21-23-27)25-12-5-4-6-13-25/h4-24H,1-3H3. The Bertz CT molecular complexity index is 1630. The van der Waals surface area contributed by atoms with Crippen molar-refractivity contribution in [2.24, 2.45) is 0 Å². The molecule has 1 heteroatoms. The van der Waals surface area contributed by atoms with Crippen LogP contribution in [0.2, 0.25) is 19.6 Å². The molecule has 0 fully saturated rings. The Morgan fingerprint density at radius 2 is 0.778 bits per heavy atom. The fraction of sp³-hybridized carbons (Fsp3) is 0.0857. The highest BCUT2D eigenvalue weighted by Gasteiger charge is 2.20. The van der Waals surface area contributed by atoms with Crippen LogP contribution in [0.3, 0.4) is 0 Å². The zero-order valence-electron chi connectivity index (χ0n) is 21.1. The van der Waals surface area contributed by atoms with Crippen molar-refractivity contribution in [3.8, 4) is 33.4 Å². The van der Waals surface area contributed by atoms with Gasteiger partial charge < -0.3 is 0 Å². The van der Waals surface area contributed by atoms with Crippen LogP contribution in [-0.4, -0.2) is 8.07 Å². The van der Waals surface area contributed by atoms with E-state index in [1.54, 1.807) is 0 Å². The van der Waals surface area contributed by atoms with E-state index in [1.165, 1.54) is 60.1 Å². The monoisotopic (exact) mass is 478 g/mol. The summed E-state index contributed by atoms with van der Waals surface area (Å²) in [6.07, 6.45) is 0. The number of benzene rings is 6. The third-order valence-electron chi connectivity index (χ3n) is 7.23. The van der Waals surface area contributed by atoms with Crippen molar-refractivity contribution in [1.82, 2.24) is 0 Å². The molecule has 36 heavy (non-hydrogen) atoms. The molecule has 0 bridgehead atoms. The van der Waals surface area contributed by atoms with E-state index < -0.39 is 8.07 Å². The van der Waals surface area contributed by atoms with Crippen LogP contribution in [0.5, 0.6) is 0 Å². The lowest BCUT2D eigenvalue weighted by Gasteiger charge is -2.20. The van der Waals surface area contributed by atoms with Crippen molar-refractivity contribution in [3.05, 3.63) is 127 Å². The predicted octanol–water partition coefficient (Wildman–Crippen LogP) is 9.54. The molecule has 0 unspecified atom stereocenters. The lowest BCUT2D eigenvalue weighted by atomic mass is 9.86. The first kappa shape index (κ1) is 22.5. The van der Waals surface area contributed by atoms with Gasteiger partial charge in [-0.05, 0) is 54.9 Å². The Balaban J connectivity index is 1.62. The topological polar surface area (TPSA) is 0 Å². The summed E-state index contributed by atoms with van der Waals surface area (Å²) in [4.78, 5) is 0. The van der Waals surface area contributed by atoms with Crippen molar-refractivity contribution in [1.29, 1.82) is 0 Å². The summed E-state index contributed by atoms with van der Waals surface area (Å²) in [6, 6.07) is 46.8.